The lowest BCUT2D eigenvalue weighted by Gasteiger charge is -2.26. The third-order valence-electron chi connectivity index (χ3n) is 2.99. The van der Waals surface area contributed by atoms with Gasteiger partial charge in [0, 0.05) is 31.0 Å². The molecule has 0 amide bonds. The molecule has 1 fully saturated rings. The average molecular weight is 235 g/mol. The van der Waals surface area contributed by atoms with Gasteiger partial charge in [0.05, 0.1) is 13.2 Å². The van der Waals surface area contributed by atoms with Crippen LogP contribution in [0.5, 0.6) is 0 Å². The first-order chi connectivity index (χ1) is 8.34. The Morgan fingerprint density at radius 3 is 2.59 bits per heavy atom. The Morgan fingerprint density at radius 2 is 1.88 bits per heavy atom. The number of nitrogen functional groups attached to an aromatic ring is 1. The molecule has 0 atom stereocenters. The first-order valence-corrected chi connectivity index (χ1v) is 6.24. The zero-order valence-electron chi connectivity index (χ0n) is 10.2. The second kappa shape index (κ2) is 6.47. The zero-order valence-corrected chi connectivity index (χ0v) is 10.2. The van der Waals surface area contributed by atoms with Crippen molar-refractivity contribution in [3.05, 3.63) is 24.3 Å². The maximum Gasteiger partial charge on any atom is 0.0594 e. The standard InChI is InChI=1S/C13H21N3O/c14-12-2-4-13(5-3-12)15-6-1-7-16-8-10-17-11-9-16/h2-5,15H,1,6-11,14H2. The largest absolute Gasteiger partial charge is 0.399 e. The van der Waals surface area contributed by atoms with Crippen molar-refractivity contribution in [3.8, 4) is 0 Å². The molecule has 0 radical (unpaired) electrons. The number of rotatable bonds is 5. The van der Waals surface area contributed by atoms with Crippen LogP contribution in [0.4, 0.5) is 11.4 Å². The molecule has 0 saturated carbocycles. The van der Waals surface area contributed by atoms with E-state index in [0.29, 0.717) is 0 Å². The summed E-state index contributed by atoms with van der Waals surface area (Å²) < 4.78 is 5.32. The molecule has 0 bridgehead atoms. The van der Waals surface area contributed by atoms with E-state index in [-0.39, 0.29) is 0 Å². The number of ether oxygens (including phenoxy) is 1. The third-order valence-corrected chi connectivity index (χ3v) is 2.99. The van der Waals surface area contributed by atoms with Crippen molar-refractivity contribution < 1.29 is 4.74 Å². The normalized spacial score (nSPS) is 16.9. The molecule has 1 aliphatic heterocycles. The molecule has 1 saturated heterocycles. The Morgan fingerprint density at radius 1 is 1.18 bits per heavy atom. The minimum absolute atomic E-state index is 0.809. The number of nitrogens with one attached hydrogen (secondary N) is 1. The lowest BCUT2D eigenvalue weighted by atomic mass is 10.2. The third kappa shape index (κ3) is 4.24. The van der Waals surface area contributed by atoms with Crippen LogP contribution in [0.1, 0.15) is 6.42 Å². The van der Waals surface area contributed by atoms with Crippen molar-refractivity contribution in [2.75, 3.05) is 50.4 Å². The van der Waals surface area contributed by atoms with Gasteiger partial charge in [-0.05, 0) is 37.2 Å². The predicted molar refractivity (Wildman–Crippen MR) is 71.2 cm³/mol. The van der Waals surface area contributed by atoms with Gasteiger partial charge in [0.1, 0.15) is 0 Å². The van der Waals surface area contributed by atoms with Gasteiger partial charge in [-0.3, -0.25) is 4.90 Å². The van der Waals surface area contributed by atoms with Gasteiger partial charge in [-0.15, -0.1) is 0 Å². The summed E-state index contributed by atoms with van der Waals surface area (Å²) in [6.45, 7) is 6.05. The van der Waals surface area contributed by atoms with Crippen LogP contribution in [-0.2, 0) is 4.74 Å². The molecule has 1 heterocycles. The van der Waals surface area contributed by atoms with Crippen LogP contribution >= 0.6 is 0 Å². The van der Waals surface area contributed by atoms with E-state index in [0.717, 1.165) is 57.2 Å². The summed E-state index contributed by atoms with van der Waals surface area (Å²) in [5.74, 6) is 0. The van der Waals surface area contributed by atoms with E-state index >= 15 is 0 Å². The molecule has 0 aliphatic carbocycles. The zero-order chi connectivity index (χ0) is 11.9. The Kier molecular flexibility index (Phi) is 4.64. The maximum atomic E-state index is 5.63. The monoisotopic (exact) mass is 235 g/mol. The number of hydrogen-bond acceptors (Lipinski definition) is 4. The van der Waals surface area contributed by atoms with Crippen LogP contribution in [0.3, 0.4) is 0 Å². The van der Waals surface area contributed by atoms with Gasteiger partial charge in [0.25, 0.3) is 0 Å². The Hall–Kier alpha value is -1.26. The average Bonchev–Trinajstić information content (AvgIpc) is 2.38. The van der Waals surface area contributed by atoms with E-state index in [2.05, 4.69) is 10.2 Å². The quantitative estimate of drug-likeness (QED) is 0.598. The van der Waals surface area contributed by atoms with E-state index in [1.54, 1.807) is 0 Å². The van der Waals surface area contributed by atoms with Crippen molar-refractivity contribution >= 4 is 11.4 Å². The van der Waals surface area contributed by atoms with Gasteiger partial charge in [-0.25, -0.2) is 0 Å². The minimum Gasteiger partial charge on any atom is -0.399 e. The molecule has 4 heteroatoms. The van der Waals surface area contributed by atoms with Gasteiger partial charge < -0.3 is 15.8 Å². The molecule has 1 aliphatic rings. The summed E-state index contributed by atoms with van der Waals surface area (Å²) >= 11 is 0. The predicted octanol–water partition coefficient (Wildman–Crippen LogP) is 1.40. The molecular weight excluding hydrogens is 214 g/mol. The SMILES string of the molecule is Nc1ccc(NCCCN2CCOCC2)cc1. The van der Waals surface area contributed by atoms with Crippen molar-refractivity contribution in [3.63, 3.8) is 0 Å². The number of nitrogens with zero attached hydrogens (tertiary/aromatic N) is 1. The minimum atomic E-state index is 0.809. The van der Waals surface area contributed by atoms with Gasteiger partial charge in [-0.1, -0.05) is 0 Å². The number of hydrogen-bond donors (Lipinski definition) is 2. The fourth-order valence-electron chi connectivity index (χ4n) is 1.96. The highest BCUT2D eigenvalue weighted by Gasteiger charge is 2.08. The second-order valence-electron chi connectivity index (χ2n) is 4.36. The van der Waals surface area contributed by atoms with Crippen LogP contribution in [-0.4, -0.2) is 44.3 Å². The lowest BCUT2D eigenvalue weighted by Crippen LogP contribution is -2.37. The van der Waals surface area contributed by atoms with E-state index < -0.39 is 0 Å². The van der Waals surface area contributed by atoms with Gasteiger partial charge in [0.15, 0.2) is 0 Å². The Bertz CT molecular complexity index is 320. The summed E-state index contributed by atoms with van der Waals surface area (Å²) in [5, 5.41) is 3.40. The van der Waals surface area contributed by atoms with Gasteiger partial charge in [0.2, 0.25) is 0 Å². The number of nitrogens with two attached hydrogens (primary N) is 1. The first-order valence-electron chi connectivity index (χ1n) is 6.24. The summed E-state index contributed by atoms with van der Waals surface area (Å²) in [5.41, 5.74) is 7.58. The maximum absolute atomic E-state index is 5.63. The van der Waals surface area contributed by atoms with Crippen LogP contribution in [0.25, 0.3) is 0 Å². The van der Waals surface area contributed by atoms with Gasteiger partial charge >= 0.3 is 0 Å². The molecular formula is C13H21N3O. The van der Waals surface area contributed by atoms with Crippen LogP contribution in [0, 0.1) is 0 Å². The van der Waals surface area contributed by atoms with E-state index in [4.69, 9.17) is 10.5 Å². The fraction of sp³-hybridized carbons (Fsp3) is 0.538. The topological polar surface area (TPSA) is 50.5 Å². The molecule has 0 aromatic heterocycles. The van der Waals surface area contributed by atoms with Crippen LogP contribution in [0.15, 0.2) is 24.3 Å². The summed E-state index contributed by atoms with van der Waals surface area (Å²) in [7, 11) is 0. The summed E-state index contributed by atoms with van der Waals surface area (Å²) in [6.07, 6.45) is 1.16. The number of morpholine rings is 1. The molecule has 17 heavy (non-hydrogen) atoms. The van der Waals surface area contributed by atoms with E-state index in [9.17, 15) is 0 Å². The molecule has 0 unspecified atom stereocenters. The second-order valence-corrected chi connectivity index (χ2v) is 4.36. The Balaban J connectivity index is 1.60. The van der Waals surface area contributed by atoms with Crippen molar-refractivity contribution in [2.45, 2.75) is 6.42 Å². The molecule has 1 aromatic carbocycles. The smallest absolute Gasteiger partial charge is 0.0594 e. The molecule has 1 aromatic rings. The first kappa shape index (κ1) is 12.2. The molecule has 0 spiro atoms. The highest BCUT2D eigenvalue weighted by molar-refractivity contribution is 5.51. The molecule has 2 rings (SSSR count). The number of benzene rings is 1. The van der Waals surface area contributed by atoms with E-state index in [1.165, 1.54) is 0 Å². The summed E-state index contributed by atoms with van der Waals surface area (Å²) in [6, 6.07) is 7.88. The van der Waals surface area contributed by atoms with Crippen molar-refractivity contribution in [2.24, 2.45) is 0 Å². The van der Waals surface area contributed by atoms with Crippen LogP contribution in [0.2, 0.25) is 0 Å². The van der Waals surface area contributed by atoms with Gasteiger partial charge in [-0.2, -0.15) is 0 Å². The summed E-state index contributed by atoms with van der Waals surface area (Å²) in [4.78, 5) is 2.45. The fourth-order valence-corrected chi connectivity index (χ4v) is 1.96. The van der Waals surface area contributed by atoms with Crippen LogP contribution < -0.4 is 11.1 Å². The molecule has 4 nitrogen and oxygen atoms in total. The highest BCUT2D eigenvalue weighted by Crippen LogP contribution is 2.10. The lowest BCUT2D eigenvalue weighted by molar-refractivity contribution is 0.0378. The highest BCUT2D eigenvalue weighted by atomic mass is 16.5. The van der Waals surface area contributed by atoms with Crippen molar-refractivity contribution in [1.82, 2.24) is 4.90 Å². The Labute approximate surface area is 103 Å². The van der Waals surface area contributed by atoms with E-state index in [1.807, 2.05) is 24.3 Å². The number of anilines is 2. The molecule has 94 valence electrons. The molecule has 3 N–H and O–H groups in total. The van der Waals surface area contributed by atoms with Crippen molar-refractivity contribution in [1.29, 1.82) is 0 Å².